The predicted octanol–water partition coefficient (Wildman–Crippen LogP) is 3.19. The average molecular weight is 342 g/mol. The van der Waals surface area contributed by atoms with Gasteiger partial charge in [0, 0.05) is 19.3 Å². The third kappa shape index (κ3) is 4.97. The molecule has 2 aromatic carbocycles. The Kier molecular flexibility index (Phi) is 6.83. The summed E-state index contributed by atoms with van der Waals surface area (Å²) in [6.07, 6.45) is 0. The van der Waals surface area contributed by atoms with Crippen molar-refractivity contribution in [2.45, 2.75) is 13.5 Å². The van der Waals surface area contributed by atoms with Gasteiger partial charge in [-0.25, -0.2) is 0 Å². The molecular formula is C20H26N2O3. The Bertz CT molecular complexity index is 689. The van der Waals surface area contributed by atoms with Crippen LogP contribution in [-0.4, -0.2) is 45.2 Å². The third-order valence-electron chi connectivity index (χ3n) is 4.18. The topological polar surface area (TPSA) is 42.0 Å². The van der Waals surface area contributed by atoms with E-state index in [9.17, 15) is 4.79 Å². The van der Waals surface area contributed by atoms with Crippen LogP contribution in [0.5, 0.6) is 11.5 Å². The zero-order chi connectivity index (χ0) is 18.2. The van der Waals surface area contributed by atoms with Crippen molar-refractivity contribution in [3.63, 3.8) is 0 Å². The number of hydrogen-bond acceptors (Lipinski definition) is 4. The van der Waals surface area contributed by atoms with Crippen molar-refractivity contribution in [2.24, 2.45) is 0 Å². The largest absolute Gasteiger partial charge is 0.493 e. The molecule has 0 unspecified atom stereocenters. The van der Waals surface area contributed by atoms with Gasteiger partial charge < -0.3 is 14.4 Å². The molecule has 5 heteroatoms. The SMILES string of the molecule is CCN(CC(=O)N(C)c1ccccc1)Cc1ccc(OC)c(OC)c1. The lowest BCUT2D eigenvalue weighted by molar-refractivity contribution is -0.119. The molecule has 134 valence electrons. The first-order chi connectivity index (χ1) is 12.1. The fourth-order valence-corrected chi connectivity index (χ4v) is 2.61. The first-order valence-electron chi connectivity index (χ1n) is 8.33. The number of anilines is 1. The Morgan fingerprint density at radius 3 is 2.28 bits per heavy atom. The maximum Gasteiger partial charge on any atom is 0.240 e. The summed E-state index contributed by atoms with van der Waals surface area (Å²) < 4.78 is 10.6. The lowest BCUT2D eigenvalue weighted by atomic mass is 10.2. The Morgan fingerprint density at radius 1 is 1.00 bits per heavy atom. The minimum Gasteiger partial charge on any atom is -0.493 e. The van der Waals surface area contributed by atoms with E-state index in [2.05, 4.69) is 11.8 Å². The normalized spacial score (nSPS) is 10.6. The smallest absolute Gasteiger partial charge is 0.240 e. The van der Waals surface area contributed by atoms with Crippen molar-refractivity contribution >= 4 is 11.6 Å². The number of rotatable bonds is 8. The van der Waals surface area contributed by atoms with E-state index in [1.807, 2.05) is 55.6 Å². The highest BCUT2D eigenvalue weighted by Gasteiger charge is 2.15. The van der Waals surface area contributed by atoms with E-state index >= 15 is 0 Å². The maximum atomic E-state index is 12.6. The molecule has 0 atom stereocenters. The second-order valence-electron chi connectivity index (χ2n) is 5.78. The molecule has 0 saturated heterocycles. The standard InChI is InChI=1S/C20H26N2O3/c1-5-22(14-16-11-12-18(24-3)19(13-16)25-4)15-20(23)21(2)17-9-7-6-8-10-17/h6-13H,5,14-15H2,1-4H3. The van der Waals surface area contributed by atoms with Crippen LogP contribution in [0.3, 0.4) is 0 Å². The molecule has 0 aromatic heterocycles. The summed E-state index contributed by atoms with van der Waals surface area (Å²) in [5.74, 6) is 1.46. The Labute approximate surface area is 149 Å². The van der Waals surface area contributed by atoms with Crippen molar-refractivity contribution in [1.82, 2.24) is 4.90 Å². The summed E-state index contributed by atoms with van der Waals surface area (Å²) in [4.78, 5) is 16.4. The molecule has 0 aliphatic rings. The fraction of sp³-hybridized carbons (Fsp3) is 0.350. The predicted molar refractivity (Wildman–Crippen MR) is 100 cm³/mol. The van der Waals surface area contributed by atoms with Gasteiger partial charge in [0.15, 0.2) is 11.5 Å². The molecule has 0 heterocycles. The van der Waals surface area contributed by atoms with Gasteiger partial charge in [-0.1, -0.05) is 31.2 Å². The van der Waals surface area contributed by atoms with Gasteiger partial charge in [0.05, 0.1) is 20.8 Å². The van der Waals surface area contributed by atoms with Gasteiger partial charge in [0.25, 0.3) is 0 Å². The third-order valence-corrected chi connectivity index (χ3v) is 4.18. The van der Waals surface area contributed by atoms with E-state index in [-0.39, 0.29) is 5.91 Å². The summed E-state index contributed by atoms with van der Waals surface area (Å²) in [7, 11) is 5.05. The molecule has 0 radical (unpaired) electrons. The van der Waals surface area contributed by atoms with Gasteiger partial charge in [0.1, 0.15) is 0 Å². The Morgan fingerprint density at radius 2 is 1.68 bits per heavy atom. The van der Waals surface area contributed by atoms with E-state index in [4.69, 9.17) is 9.47 Å². The molecule has 5 nitrogen and oxygen atoms in total. The van der Waals surface area contributed by atoms with E-state index in [0.29, 0.717) is 24.6 Å². The van der Waals surface area contributed by atoms with Crippen LogP contribution >= 0.6 is 0 Å². The van der Waals surface area contributed by atoms with Gasteiger partial charge in [-0.2, -0.15) is 0 Å². The number of para-hydroxylation sites is 1. The number of likely N-dealkylation sites (N-methyl/N-ethyl adjacent to an activating group) is 2. The summed E-state index contributed by atoms with van der Waals surface area (Å²) in [5, 5.41) is 0. The molecule has 0 aliphatic carbocycles. The highest BCUT2D eigenvalue weighted by molar-refractivity contribution is 5.94. The van der Waals surface area contributed by atoms with E-state index in [1.54, 1.807) is 19.1 Å². The molecule has 0 spiro atoms. The highest BCUT2D eigenvalue weighted by Crippen LogP contribution is 2.28. The van der Waals surface area contributed by atoms with Crippen molar-refractivity contribution < 1.29 is 14.3 Å². The zero-order valence-electron chi connectivity index (χ0n) is 15.4. The second kappa shape index (κ2) is 9.08. The van der Waals surface area contributed by atoms with Gasteiger partial charge >= 0.3 is 0 Å². The van der Waals surface area contributed by atoms with E-state index in [0.717, 1.165) is 17.8 Å². The molecule has 0 fully saturated rings. The monoisotopic (exact) mass is 342 g/mol. The molecular weight excluding hydrogens is 316 g/mol. The van der Waals surface area contributed by atoms with Crippen molar-refractivity contribution in [3.05, 3.63) is 54.1 Å². The summed E-state index contributed by atoms with van der Waals surface area (Å²) in [5.41, 5.74) is 1.98. The van der Waals surface area contributed by atoms with E-state index < -0.39 is 0 Å². The summed E-state index contributed by atoms with van der Waals surface area (Å²) in [6.45, 7) is 3.86. The average Bonchev–Trinajstić information content (AvgIpc) is 2.67. The minimum atomic E-state index is 0.0635. The number of nitrogens with zero attached hydrogens (tertiary/aromatic N) is 2. The second-order valence-corrected chi connectivity index (χ2v) is 5.78. The van der Waals surface area contributed by atoms with E-state index in [1.165, 1.54) is 0 Å². The number of hydrogen-bond donors (Lipinski definition) is 0. The number of ether oxygens (including phenoxy) is 2. The lowest BCUT2D eigenvalue weighted by Crippen LogP contribution is -2.38. The van der Waals surface area contributed by atoms with Crippen molar-refractivity contribution in [1.29, 1.82) is 0 Å². The Hall–Kier alpha value is -2.53. The summed E-state index contributed by atoms with van der Waals surface area (Å²) in [6, 6.07) is 15.5. The minimum absolute atomic E-state index is 0.0635. The zero-order valence-corrected chi connectivity index (χ0v) is 15.4. The molecule has 2 aromatic rings. The van der Waals surface area contributed by atoms with Crippen LogP contribution in [0, 0.1) is 0 Å². The Balaban J connectivity index is 2.04. The van der Waals surface area contributed by atoms with Gasteiger partial charge in [-0.05, 0) is 36.4 Å². The number of amides is 1. The summed E-state index contributed by atoms with van der Waals surface area (Å²) >= 11 is 0. The molecule has 25 heavy (non-hydrogen) atoms. The van der Waals surface area contributed by atoms with Crippen molar-refractivity contribution in [2.75, 3.05) is 39.3 Å². The van der Waals surface area contributed by atoms with Crippen LogP contribution in [-0.2, 0) is 11.3 Å². The molecule has 0 N–H and O–H groups in total. The first kappa shape index (κ1) is 18.8. The van der Waals surface area contributed by atoms with Crippen LogP contribution < -0.4 is 14.4 Å². The van der Waals surface area contributed by atoms with Crippen LogP contribution in [0.1, 0.15) is 12.5 Å². The van der Waals surface area contributed by atoms with Crippen molar-refractivity contribution in [3.8, 4) is 11.5 Å². The molecule has 0 bridgehead atoms. The number of carbonyl (C=O) groups excluding carboxylic acids is 1. The van der Waals surface area contributed by atoms with Crippen LogP contribution in [0.4, 0.5) is 5.69 Å². The highest BCUT2D eigenvalue weighted by atomic mass is 16.5. The van der Waals surface area contributed by atoms with Gasteiger partial charge in [-0.15, -0.1) is 0 Å². The number of methoxy groups -OCH3 is 2. The lowest BCUT2D eigenvalue weighted by Gasteiger charge is -2.24. The molecule has 2 rings (SSSR count). The van der Waals surface area contributed by atoms with Crippen LogP contribution in [0.25, 0.3) is 0 Å². The van der Waals surface area contributed by atoms with Crippen LogP contribution in [0.2, 0.25) is 0 Å². The fourth-order valence-electron chi connectivity index (χ4n) is 2.61. The number of benzene rings is 2. The van der Waals surface area contributed by atoms with Gasteiger partial charge in [0.2, 0.25) is 5.91 Å². The number of carbonyl (C=O) groups is 1. The maximum absolute atomic E-state index is 12.6. The molecule has 0 aliphatic heterocycles. The molecule has 0 saturated carbocycles. The van der Waals surface area contributed by atoms with Crippen LogP contribution in [0.15, 0.2) is 48.5 Å². The van der Waals surface area contributed by atoms with Gasteiger partial charge in [-0.3, -0.25) is 9.69 Å². The first-order valence-corrected chi connectivity index (χ1v) is 8.33. The quantitative estimate of drug-likeness (QED) is 0.739. The molecule has 1 amide bonds.